The first kappa shape index (κ1) is 20.1. The van der Waals surface area contributed by atoms with E-state index in [1.165, 1.54) is 12.1 Å². The van der Waals surface area contributed by atoms with Gasteiger partial charge in [-0.05, 0) is 43.0 Å². The molecule has 0 unspecified atom stereocenters. The molecule has 3 rings (SSSR count). The number of nitrogens with one attached hydrogen (secondary N) is 2. The van der Waals surface area contributed by atoms with E-state index in [9.17, 15) is 4.39 Å². The number of aromatic nitrogens is 3. The summed E-state index contributed by atoms with van der Waals surface area (Å²) in [7, 11) is 0. The van der Waals surface area contributed by atoms with E-state index in [0.717, 1.165) is 60.8 Å². The van der Waals surface area contributed by atoms with Crippen LogP contribution in [0.3, 0.4) is 0 Å². The molecule has 1 aromatic carbocycles. The van der Waals surface area contributed by atoms with E-state index in [0.29, 0.717) is 12.5 Å². The molecule has 0 saturated carbocycles. The summed E-state index contributed by atoms with van der Waals surface area (Å²) in [6, 6.07) is 8.47. The Bertz CT molecular complexity index is 888. The minimum absolute atomic E-state index is 0.232. The van der Waals surface area contributed by atoms with Gasteiger partial charge in [0, 0.05) is 24.7 Å². The number of benzene rings is 1. The largest absolute Gasteiger partial charge is 0.370 e. The minimum atomic E-state index is -0.232. The van der Waals surface area contributed by atoms with Crippen molar-refractivity contribution in [3.8, 4) is 0 Å². The Hall–Kier alpha value is -2.67. The molecule has 0 saturated heterocycles. The molecule has 0 amide bonds. The van der Waals surface area contributed by atoms with Crippen molar-refractivity contribution in [2.45, 2.75) is 45.6 Å². The Morgan fingerprint density at radius 2 is 1.89 bits per heavy atom. The molecule has 3 aromatic rings. The highest BCUT2D eigenvalue weighted by molar-refractivity contribution is 5.61. The first-order valence-corrected chi connectivity index (χ1v) is 9.89. The second kappa shape index (κ2) is 9.50. The van der Waals surface area contributed by atoms with Crippen LogP contribution in [-0.4, -0.2) is 27.7 Å². The summed E-state index contributed by atoms with van der Waals surface area (Å²) < 4.78 is 15.0. The van der Waals surface area contributed by atoms with Crippen molar-refractivity contribution >= 4 is 17.3 Å². The second-order valence-electron chi connectivity index (χ2n) is 7.27. The van der Waals surface area contributed by atoms with Gasteiger partial charge in [0.1, 0.15) is 17.5 Å². The smallest absolute Gasteiger partial charge is 0.163 e. The van der Waals surface area contributed by atoms with Crippen molar-refractivity contribution in [2.75, 3.05) is 23.7 Å². The average Bonchev–Trinajstić information content (AvgIpc) is 3.11. The highest BCUT2D eigenvalue weighted by Crippen LogP contribution is 2.24. The average molecular weight is 385 g/mol. The van der Waals surface area contributed by atoms with Gasteiger partial charge >= 0.3 is 0 Å². The van der Waals surface area contributed by atoms with Gasteiger partial charge in [-0.2, -0.15) is 9.61 Å². The first-order valence-electron chi connectivity index (χ1n) is 9.89. The molecule has 2 heterocycles. The third-order valence-corrected chi connectivity index (χ3v) is 4.70. The second-order valence-corrected chi connectivity index (χ2v) is 7.27. The number of halogens is 1. The Morgan fingerprint density at radius 1 is 1.11 bits per heavy atom. The van der Waals surface area contributed by atoms with E-state index < -0.39 is 0 Å². The van der Waals surface area contributed by atoms with Crippen LogP contribution in [0, 0.1) is 5.82 Å². The molecule has 150 valence electrons. The Morgan fingerprint density at radius 3 is 2.61 bits per heavy atom. The fourth-order valence-corrected chi connectivity index (χ4v) is 3.06. The summed E-state index contributed by atoms with van der Waals surface area (Å²) in [5.41, 5.74) is 8.51. The van der Waals surface area contributed by atoms with Crippen molar-refractivity contribution in [3.05, 3.63) is 53.5 Å². The fraction of sp³-hybridized carbons (Fsp3) is 0.429. The number of nitrogens with zero attached hydrogens (tertiary/aromatic N) is 3. The molecule has 2 aromatic heterocycles. The molecule has 0 spiro atoms. The lowest BCUT2D eigenvalue weighted by Gasteiger charge is -2.13. The van der Waals surface area contributed by atoms with Crippen molar-refractivity contribution in [1.29, 1.82) is 0 Å². The summed E-state index contributed by atoms with van der Waals surface area (Å²) in [6.07, 6.45) is 5.07. The molecule has 28 heavy (non-hydrogen) atoms. The van der Waals surface area contributed by atoms with Crippen LogP contribution in [-0.2, 0) is 6.54 Å². The fourth-order valence-electron chi connectivity index (χ4n) is 3.06. The zero-order chi connectivity index (χ0) is 19.9. The number of anilines is 2. The highest BCUT2D eigenvalue weighted by Gasteiger charge is 2.14. The maximum atomic E-state index is 13.1. The molecule has 7 heteroatoms. The molecular weight excluding hydrogens is 355 g/mol. The molecule has 0 aliphatic heterocycles. The van der Waals surface area contributed by atoms with E-state index >= 15 is 0 Å². The van der Waals surface area contributed by atoms with Crippen LogP contribution in [0.4, 0.5) is 16.0 Å². The van der Waals surface area contributed by atoms with Gasteiger partial charge in [-0.25, -0.2) is 9.37 Å². The lowest BCUT2D eigenvalue weighted by Crippen LogP contribution is -2.10. The monoisotopic (exact) mass is 384 g/mol. The van der Waals surface area contributed by atoms with Gasteiger partial charge in [0.05, 0.1) is 6.20 Å². The molecule has 0 aliphatic carbocycles. The zero-order valence-corrected chi connectivity index (χ0v) is 16.6. The van der Waals surface area contributed by atoms with Crippen LogP contribution in [0.5, 0.6) is 0 Å². The molecular formula is C21H29FN6. The Labute approximate surface area is 165 Å². The zero-order valence-electron chi connectivity index (χ0n) is 16.6. The molecule has 0 bridgehead atoms. The maximum Gasteiger partial charge on any atom is 0.163 e. The maximum absolute atomic E-state index is 13.1. The topological polar surface area (TPSA) is 80.3 Å². The predicted octanol–water partition coefficient (Wildman–Crippen LogP) is 4.14. The van der Waals surface area contributed by atoms with Gasteiger partial charge in [0.15, 0.2) is 5.65 Å². The van der Waals surface area contributed by atoms with Crippen LogP contribution < -0.4 is 16.4 Å². The van der Waals surface area contributed by atoms with E-state index in [2.05, 4.69) is 29.6 Å². The molecule has 6 nitrogen and oxygen atoms in total. The lowest BCUT2D eigenvalue weighted by atomic mass is 10.1. The summed E-state index contributed by atoms with van der Waals surface area (Å²) in [6.45, 7) is 6.43. The normalized spacial score (nSPS) is 11.3. The van der Waals surface area contributed by atoms with Crippen molar-refractivity contribution in [1.82, 2.24) is 14.6 Å². The van der Waals surface area contributed by atoms with Gasteiger partial charge in [0.25, 0.3) is 0 Å². The van der Waals surface area contributed by atoms with E-state index in [-0.39, 0.29) is 5.82 Å². The van der Waals surface area contributed by atoms with Crippen molar-refractivity contribution in [3.63, 3.8) is 0 Å². The number of rotatable bonds is 10. The molecule has 0 atom stereocenters. The number of unbranched alkanes of at least 4 members (excludes halogenated alkanes) is 2. The summed E-state index contributed by atoms with van der Waals surface area (Å²) >= 11 is 0. The van der Waals surface area contributed by atoms with Gasteiger partial charge in [-0.1, -0.05) is 32.4 Å². The Kier molecular flexibility index (Phi) is 6.81. The van der Waals surface area contributed by atoms with E-state index in [1.54, 1.807) is 12.1 Å². The highest BCUT2D eigenvalue weighted by atomic mass is 19.1. The van der Waals surface area contributed by atoms with Gasteiger partial charge < -0.3 is 16.4 Å². The van der Waals surface area contributed by atoms with Crippen molar-refractivity contribution < 1.29 is 4.39 Å². The van der Waals surface area contributed by atoms with Gasteiger partial charge in [-0.15, -0.1) is 0 Å². The summed E-state index contributed by atoms with van der Waals surface area (Å²) in [5, 5.41) is 11.3. The number of fused-ring (bicyclic) bond motifs is 1. The predicted molar refractivity (Wildman–Crippen MR) is 112 cm³/mol. The quantitative estimate of drug-likeness (QED) is 0.458. The Balaban J connectivity index is 1.80. The van der Waals surface area contributed by atoms with Crippen LogP contribution in [0.15, 0.2) is 36.5 Å². The van der Waals surface area contributed by atoms with E-state index in [1.807, 2.05) is 16.8 Å². The molecule has 0 aliphatic rings. The number of hydrogen-bond acceptors (Lipinski definition) is 5. The first-order chi connectivity index (χ1) is 13.6. The van der Waals surface area contributed by atoms with Crippen molar-refractivity contribution in [2.24, 2.45) is 5.73 Å². The number of nitrogens with two attached hydrogens (primary N) is 1. The number of hydrogen-bond donors (Lipinski definition) is 3. The molecule has 0 radical (unpaired) electrons. The van der Waals surface area contributed by atoms with Crippen LogP contribution >= 0.6 is 0 Å². The van der Waals surface area contributed by atoms with Crippen LogP contribution in [0.2, 0.25) is 0 Å². The minimum Gasteiger partial charge on any atom is -0.370 e. The van der Waals surface area contributed by atoms with Crippen LogP contribution in [0.1, 0.15) is 50.2 Å². The van der Waals surface area contributed by atoms with Gasteiger partial charge in [-0.3, -0.25) is 0 Å². The lowest BCUT2D eigenvalue weighted by molar-refractivity contribution is 0.627. The third kappa shape index (κ3) is 4.98. The third-order valence-electron chi connectivity index (χ3n) is 4.70. The molecule has 0 fully saturated rings. The van der Waals surface area contributed by atoms with Gasteiger partial charge in [0.2, 0.25) is 0 Å². The van der Waals surface area contributed by atoms with E-state index in [4.69, 9.17) is 10.7 Å². The standard InChI is InChI=1S/C21H29FN6/c1-15(2)18-14-26-28-20(25-13-16-6-8-17(22)9-7-16)12-19(27-21(18)28)24-11-5-3-4-10-23/h6-9,12,14-15,25H,3-5,10-11,13,23H2,1-2H3,(H,24,27). The summed E-state index contributed by atoms with van der Waals surface area (Å²) in [5.74, 6) is 1.77. The molecule has 4 N–H and O–H groups in total. The van der Waals surface area contributed by atoms with Crippen LogP contribution in [0.25, 0.3) is 5.65 Å². The summed E-state index contributed by atoms with van der Waals surface area (Å²) in [4.78, 5) is 4.78. The SMILES string of the molecule is CC(C)c1cnn2c(NCc3ccc(F)cc3)cc(NCCCCCN)nc12.